The van der Waals surface area contributed by atoms with Crippen LogP contribution in [0.4, 0.5) is 0 Å². The first kappa shape index (κ1) is 20.6. The fourth-order valence-electron chi connectivity index (χ4n) is 8.20. The lowest BCUT2D eigenvalue weighted by Crippen LogP contribution is -2.51. The van der Waals surface area contributed by atoms with Crippen molar-refractivity contribution in [1.29, 1.82) is 5.26 Å². The molecule has 4 aliphatic rings. The lowest BCUT2D eigenvalue weighted by molar-refractivity contribution is -0.130. The van der Waals surface area contributed by atoms with Crippen molar-refractivity contribution in [3.8, 4) is 6.07 Å². The number of hydrogen-bond donors (Lipinski definition) is 2. The zero-order chi connectivity index (χ0) is 21.1. The van der Waals surface area contributed by atoms with Gasteiger partial charge in [-0.2, -0.15) is 5.26 Å². The first-order chi connectivity index (χ1) is 13.6. The van der Waals surface area contributed by atoms with Crippen molar-refractivity contribution in [2.75, 3.05) is 0 Å². The highest BCUT2D eigenvalue weighted by atomic mass is 16.3. The standard InChI is InChI=1S/C24H34N2O3/c1-13(27)21-17(18(12-25)22(26)29)11-20-16-5-4-14-10-15(28)6-8-23(14,2)19(16)7-9-24(20,21)3/h4,15-21,28H,5-11H2,1-3H3,(H2,26,29)/t15-,16-,17+,18+,19+,20-,21+,23-,24-/m0/s1. The summed E-state index contributed by atoms with van der Waals surface area (Å²) in [5.74, 6) is -0.574. The van der Waals surface area contributed by atoms with E-state index in [1.807, 2.05) is 0 Å². The molecule has 3 fully saturated rings. The highest BCUT2D eigenvalue weighted by Gasteiger charge is 2.63. The maximum Gasteiger partial charge on any atom is 0.235 e. The van der Waals surface area contributed by atoms with Gasteiger partial charge in [0.25, 0.3) is 0 Å². The van der Waals surface area contributed by atoms with Crippen molar-refractivity contribution in [1.82, 2.24) is 0 Å². The Balaban J connectivity index is 1.71. The van der Waals surface area contributed by atoms with Gasteiger partial charge < -0.3 is 10.8 Å². The predicted molar refractivity (Wildman–Crippen MR) is 109 cm³/mol. The van der Waals surface area contributed by atoms with Gasteiger partial charge in [-0.25, -0.2) is 0 Å². The number of rotatable bonds is 3. The fraction of sp³-hybridized carbons (Fsp3) is 0.792. The van der Waals surface area contributed by atoms with E-state index in [-0.39, 0.29) is 34.6 Å². The predicted octanol–water partition coefficient (Wildman–Crippen LogP) is 3.37. The molecular weight excluding hydrogens is 364 g/mol. The van der Waals surface area contributed by atoms with Crippen LogP contribution in [0.15, 0.2) is 11.6 Å². The maximum atomic E-state index is 12.7. The Morgan fingerprint density at radius 1 is 1.28 bits per heavy atom. The van der Waals surface area contributed by atoms with Crippen molar-refractivity contribution >= 4 is 11.7 Å². The largest absolute Gasteiger partial charge is 0.393 e. The highest BCUT2D eigenvalue weighted by molar-refractivity contribution is 5.84. The third kappa shape index (κ3) is 2.90. The number of fused-ring (bicyclic) bond motifs is 5. The number of nitriles is 1. The van der Waals surface area contributed by atoms with Gasteiger partial charge in [-0.1, -0.05) is 25.5 Å². The molecule has 4 aliphatic carbocycles. The van der Waals surface area contributed by atoms with Crippen LogP contribution in [0.2, 0.25) is 0 Å². The van der Waals surface area contributed by atoms with Crippen molar-refractivity contribution < 1.29 is 14.7 Å². The van der Waals surface area contributed by atoms with Crippen LogP contribution in [0.1, 0.15) is 65.7 Å². The molecule has 1 amide bonds. The Bertz CT molecular complexity index is 798. The minimum atomic E-state index is -0.889. The molecule has 0 spiro atoms. The zero-order valence-electron chi connectivity index (χ0n) is 17.9. The van der Waals surface area contributed by atoms with Crippen LogP contribution in [-0.4, -0.2) is 22.9 Å². The Hall–Kier alpha value is -1.67. The third-order valence-corrected chi connectivity index (χ3v) is 9.49. The zero-order valence-corrected chi connectivity index (χ0v) is 17.9. The first-order valence-electron chi connectivity index (χ1n) is 11.2. The minimum Gasteiger partial charge on any atom is -0.393 e. The molecule has 0 aromatic rings. The van der Waals surface area contributed by atoms with E-state index < -0.39 is 11.8 Å². The molecule has 5 nitrogen and oxygen atoms in total. The maximum absolute atomic E-state index is 12.7. The van der Waals surface area contributed by atoms with E-state index in [0.717, 1.165) is 44.9 Å². The normalized spacial score (nSPS) is 47.1. The number of Topliss-reactive ketones (excluding diaryl/α,β-unsaturated/α-hetero) is 1. The molecule has 0 heterocycles. The number of hydrogen-bond acceptors (Lipinski definition) is 4. The van der Waals surface area contributed by atoms with E-state index in [2.05, 4.69) is 26.0 Å². The summed E-state index contributed by atoms with van der Waals surface area (Å²) in [7, 11) is 0. The molecule has 0 unspecified atom stereocenters. The number of nitrogens with two attached hydrogens (primary N) is 1. The molecule has 0 saturated heterocycles. The van der Waals surface area contributed by atoms with Crippen molar-refractivity contribution in [3.63, 3.8) is 0 Å². The molecule has 0 radical (unpaired) electrons. The summed E-state index contributed by atoms with van der Waals surface area (Å²) in [4.78, 5) is 24.7. The number of amides is 1. The van der Waals surface area contributed by atoms with E-state index in [9.17, 15) is 20.0 Å². The Kier molecular flexibility index (Phi) is 4.93. The van der Waals surface area contributed by atoms with Crippen molar-refractivity contribution in [3.05, 3.63) is 11.6 Å². The van der Waals surface area contributed by atoms with E-state index >= 15 is 0 Å². The average Bonchev–Trinajstić information content (AvgIpc) is 2.95. The number of primary amides is 1. The first-order valence-corrected chi connectivity index (χ1v) is 11.2. The molecule has 29 heavy (non-hydrogen) atoms. The lowest BCUT2D eigenvalue weighted by Gasteiger charge is -2.57. The smallest absolute Gasteiger partial charge is 0.235 e. The molecule has 3 saturated carbocycles. The molecule has 0 aliphatic heterocycles. The molecule has 4 rings (SSSR count). The summed E-state index contributed by atoms with van der Waals surface area (Å²) in [6, 6.07) is 2.12. The van der Waals surface area contributed by atoms with Crippen LogP contribution in [0, 0.1) is 57.7 Å². The van der Waals surface area contributed by atoms with Gasteiger partial charge in [-0.05, 0) is 86.4 Å². The van der Waals surface area contributed by atoms with E-state index in [4.69, 9.17) is 5.73 Å². The van der Waals surface area contributed by atoms with E-state index in [1.54, 1.807) is 6.92 Å². The van der Waals surface area contributed by atoms with Gasteiger partial charge in [0.15, 0.2) is 0 Å². The Morgan fingerprint density at radius 2 is 2.00 bits per heavy atom. The van der Waals surface area contributed by atoms with Crippen LogP contribution in [0.25, 0.3) is 0 Å². The summed E-state index contributed by atoms with van der Waals surface area (Å²) in [5, 5.41) is 19.8. The number of carbonyl (C=O) groups is 2. The summed E-state index contributed by atoms with van der Waals surface area (Å²) >= 11 is 0. The molecule has 3 N–H and O–H groups in total. The SMILES string of the molecule is CC(=O)[C@@H]1[C@@H]([C@@H](C#N)C(N)=O)C[C@H]2[C@H]3CC=C4C[C@@H](O)CC[C@]4(C)[C@@H]3CC[C@]12C. The van der Waals surface area contributed by atoms with E-state index in [1.165, 1.54) is 5.57 Å². The minimum absolute atomic E-state index is 0.0963. The molecule has 158 valence electrons. The van der Waals surface area contributed by atoms with Crippen LogP contribution in [0.3, 0.4) is 0 Å². The van der Waals surface area contributed by atoms with E-state index in [0.29, 0.717) is 17.8 Å². The molecule has 0 aromatic carbocycles. The van der Waals surface area contributed by atoms with Gasteiger partial charge in [-0.3, -0.25) is 9.59 Å². The number of aliphatic hydroxyl groups is 1. The van der Waals surface area contributed by atoms with Gasteiger partial charge in [0.2, 0.25) is 5.91 Å². The van der Waals surface area contributed by atoms with Crippen LogP contribution < -0.4 is 5.73 Å². The third-order valence-electron chi connectivity index (χ3n) is 9.49. The second-order valence-corrected chi connectivity index (χ2v) is 10.7. The summed E-state index contributed by atoms with van der Waals surface area (Å²) in [5.41, 5.74) is 6.95. The molecule has 5 heteroatoms. The van der Waals surface area contributed by atoms with Crippen LogP contribution in [-0.2, 0) is 9.59 Å². The van der Waals surface area contributed by atoms with Gasteiger partial charge in [0.1, 0.15) is 11.7 Å². The Morgan fingerprint density at radius 3 is 2.62 bits per heavy atom. The van der Waals surface area contributed by atoms with Gasteiger partial charge in [0.05, 0.1) is 12.2 Å². The second-order valence-electron chi connectivity index (χ2n) is 10.7. The van der Waals surface area contributed by atoms with Gasteiger partial charge in [-0.15, -0.1) is 0 Å². The van der Waals surface area contributed by atoms with Gasteiger partial charge >= 0.3 is 0 Å². The fourth-order valence-corrected chi connectivity index (χ4v) is 8.20. The topological polar surface area (TPSA) is 104 Å². The lowest BCUT2D eigenvalue weighted by atomic mass is 9.47. The van der Waals surface area contributed by atoms with Crippen LogP contribution >= 0.6 is 0 Å². The second kappa shape index (κ2) is 6.94. The average molecular weight is 399 g/mol. The molecular formula is C24H34N2O3. The van der Waals surface area contributed by atoms with Crippen molar-refractivity contribution in [2.24, 2.45) is 52.1 Å². The number of nitrogens with zero attached hydrogens (tertiary/aromatic N) is 1. The monoisotopic (exact) mass is 398 g/mol. The summed E-state index contributed by atoms with van der Waals surface area (Å²) < 4.78 is 0. The summed E-state index contributed by atoms with van der Waals surface area (Å²) in [6.45, 7) is 6.22. The number of allylic oxidation sites excluding steroid dienone is 1. The molecule has 9 atom stereocenters. The molecule has 0 bridgehead atoms. The highest BCUT2D eigenvalue weighted by Crippen LogP contribution is 2.68. The number of aliphatic hydroxyl groups excluding tert-OH is 1. The van der Waals surface area contributed by atoms with Crippen LogP contribution in [0.5, 0.6) is 0 Å². The number of ketones is 1. The quantitative estimate of drug-likeness (QED) is 0.711. The molecule has 0 aromatic heterocycles. The Labute approximate surface area is 173 Å². The van der Waals surface area contributed by atoms with Gasteiger partial charge in [0, 0.05) is 5.92 Å². The van der Waals surface area contributed by atoms with Crippen molar-refractivity contribution in [2.45, 2.75) is 71.8 Å². The number of carbonyl (C=O) groups excluding carboxylic acids is 2. The summed E-state index contributed by atoms with van der Waals surface area (Å²) in [6.07, 6.45) is 8.57.